The number of benzene rings is 3. The normalized spacial score (nSPS) is 19.4. The molecule has 1 heterocycles. The SMILES string of the molecule is CCC1C[P+](c2ccccc2)(c2ccccc2)Cc2c1ccc(C)c2C.F[P-](F)(F)(F)(F)F. The fourth-order valence-electron chi connectivity index (χ4n) is 4.61. The van der Waals surface area contributed by atoms with Gasteiger partial charge < -0.3 is 0 Å². The minimum atomic E-state index is -10.7. The van der Waals surface area contributed by atoms with Gasteiger partial charge in [0, 0.05) is 5.92 Å². The molecule has 0 spiro atoms. The van der Waals surface area contributed by atoms with Crippen molar-refractivity contribution < 1.29 is 25.2 Å². The Balaban J connectivity index is 0.000000383. The van der Waals surface area contributed by atoms with E-state index in [0.717, 1.165) is 0 Å². The molecule has 1 aliphatic rings. The number of halogens is 6. The average Bonchev–Trinajstić information content (AvgIpc) is 2.75. The van der Waals surface area contributed by atoms with Crippen molar-refractivity contribution in [1.82, 2.24) is 0 Å². The molecule has 0 bridgehead atoms. The van der Waals surface area contributed by atoms with Gasteiger partial charge in [-0.15, -0.1) is 0 Å². The van der Waals surface area contributed by atoms with Gasteiger partial charge in [-0.3, -0.25) is 0 Å². The summed E-state index contributed by atoms with van der Waals surface area (Å²) in [7, 11) is -12.1. The molecular formula is C25H28F6P2. The fourth-order valence-corrected chi connectivity index (χ4v) is 9.48. The van der Waals surface area contributed by atoms with E-state index in [1.54, 1.807) is 21.7 Å². The monoisotopic (exact) mass is 504 g/mol. The summed E-state index contributed by atoms with van der Waals surface area (Å²) in [5.74, 6) is 0.659. The van der Waals surface area contributed by atoms with Crippen molar-refractivity contribution in [2.75, 3.05) is 6.16 Å². The van der Waals surface area contributed by atoms with E-state index >= 15 is 0 Å². The molecule has 1 aliphatic heterocycles. The number of hydrogen-bond acceptors (Lipinski definition) is 0. The van der Waals surface area contributed by atoms with Gasteiger partial charge in [0.05, 0.1) is 30.2 Å². The quantitative estimate of drug-likeness (QED) is 0.246. The zero-order valence-electron chi connectivity index (χ0n) is 18.8. The number of aryl methyl sites for hydroxylation is 1. The third-order valence-electron chi connectivity index (χ3n) is 6.30. The molecule has 0 amide bonds. The third kappa shape index (κ3) is 6.80. The van der Waals surface area contributed by atoms with Crippen molar-refractivity contribution in [2.45, 2.75) is 39.3 Å². The predicted octanol–water partition coefficient (Wildman–Crippen LogP) is 9.36. The van der Waals surface area contributed by atoms with Gasteiger partial charge in [-0.05, 0) is 66.8 Å². The predicted molar refractivity (Wildman–Crippen MR) is 130 cm³/mol. The van der Waals surface area contributed by atoms with Gasteiger partial charge in [0.2, 0.25) is 0 Å². The first kappa shape index (κ1) is 25.7. The summed E-state index contributed by atoms with van der Waals surface area (Å²) in [5.41, 5.74) is 6.18. The van der Waals surface area contributed by atoms with E-state index in [1.165, 1.54) is 29.9 Å². The molecule has 0 saturated carbocycles. The summed E-state index contributed by atoms with van der Waals surface area (Å²) in [6, 6.07) is 27.4. The molecule has 3 aromatic rings. The third-order valence-corrected chi connectivity index (χ3v) is 10.8. The Morgan fingerprint density at radius 1 is 0.758 bits per heavy atom. The van der Waals surface area contributed by atoms with Gasteiger partial charge in [-0.1, -0.05) is 55.5 Å². The molecular weight excluding hydrogens is 476 g/mol. The number of fused-ring (bicyclic) bond motifs is 1. The summed E-state index contributed by atoms with van der Waals surface area (Å²) in [5, 5.41) is 3.13. The summed E-state index contributed by atoms with van der Waals surface area (Å²) in [6.45, 7) is 6.95. The Kier molecular flexibility index (Phi) is 6.54. The van der Waals surface area contributed by atoms with Gasteiger partial charge in [-0.25, -0.2) is 0 Å². The van der Waals surface area contributed by atoms with Crippen LogP contribution in [0.1, 0.15) is 41.5 Å². The molecule has 0 saturated heterocycles. The molecule has 0 nitrogen and oxygen atoms in total. The minimum absolute atomic E-state index is 0.659. The van der Waals surface area contributed by atoms with E-state index in [4.69, 9.17) is 0 Å². The van der Waals surface area contributed by atoms with Gasteiger partial charge in [0.25, 0.3) is 0 Å². The van der Waals surface area contributed by atoms with Crippen LogP contribution in [0.5, 0.6) is 0 Å². The first-order valence-electron chi connectivity index (χ1n) is 10.7. The molecule has 0 aromatic heterocycles. The van der Waals surface area contributed by atoms with E-state index in [1.807, 2.05) is 0 Å². The number of hydrogen-bond donors (Lipinski definition) is 0. The molecule has 8 heteroatoms. The Morgan fingerprint density at radius 3 is 1.64 bits per heavy atom. The van der Waals surface area contributed by atoms with Crippen LogP contribution in [-0.2, 0) is 6.16 Å². The van der Waals surface area contributed by atoms with Crippen LogP contribution in [0.25, 0.3) is 0 Å². The second kappa shape index (κ2) is 8.40. The van der Waals surface area contributed by atoms with Gasteiger partial charge >= 0.3 is 33.0 Å². The van der Waals surface area contributed by atoms with E-state index < -0.39 is 15.1 Å². The van der Waals surface area contributed by atoms with Crippen LogP contribution in [-0.4, -0.2) is 6.16 Å². The van der Waals surface area contributed by atoms with Crippen LogP contribution in [0.15, 0.2) is 72.8 Å². The Bertz CT molecular complexity index is 1060. The van der Waals surface area contributed by atoms with Crippen molar-refractivity contribution in [3.63, 3.8) is 0 Å². The van der Waals surface area contributed by atoms with E-state index in [2.05, 4.69) is 93.6 Å². The van der Waals surface area contributed by atoms with Crippen LogP contribution < -0.4 is 10.6 Å². The maximum atomic E-state index is 9.87. The van der Waals surface area contributed by atoms with Crippen molar-refractivity contribution >= 4 is 25.7 Å². The summed E-state index contributed by atoms with van der Waals surface area (Å²) >= 11 is 0. The van der Waals surface area contributed by atoms with Crippen molar-refractivity contribution in [2.24, 2.45) is 0 Å². The first-order valence-corrected chi connectivity index (χ1v) is 14.9. The van der Waals surface area contributed by atoms with E-state index in [0.29, 0.717) is 5.92 Å². The summed E-state index contributed by atoms with van der Waals surface area (Å²) in [4.78, 5) is 0. The molecule has 33 heavy (non-hydrogen) atoms. The second-order valence-electron chi connectivity index (χ2n) is 8.62. The topological polar surface area (TPSA) is 0 Å². The molecule has 1 atom stereocenters. The van der Waals surface area contributed by atoms with Crippen molar-refractivity contribution in [1.29, 1.82) is 0 Å². The molecule has 0 N–H and O–H groups in total. The summed E-state index contributed by atoms with van der Waals surface area (Å²) in [6.07, 6.45) is 3.73. The van der Waals surface area contributed by atoms with E-state index in [9.17, 15) is 25.2 Å². The van der Waals surface area contributed by atoms with Crippen LogP contribution in [0, 0.1) is 13.8 Å². The van der Waals surface area contributed by atoms with Crippen LogP contribution in [0.2, 0.25) is 0 Å². The zero-order chi connectivity index (χ0) is 24.6. The molecule has 180 valence electrons. The summed E-state index contributed by atoms with van der Waals surface area (Å²) < 4.78 is 59.2. The van der Waals surface area contributed by atoms with Gasteiger partial charge in [0.15, 0.2) is 0 Å². The maximum absolute atomic E-state index is 10.7. The van der Waals surface area contributed by atoms with Gasteiger partial charge in [0.1, 0.15) is 0 Å². The van der Waals surface area contributed by atoms with Crippen molar-refractivity contribution in [3.05, 3.63) is 95.1 Å². The Morgan fingerprint density at radius 2 is 1.21 bits per heavy atom. The number of rotatable bonds is 3. The second-order valence-corrected chi connectivity index (χ2v) is 14.2. The molecule has 0 radical (unpaired) electrons. The molecule has 3 aromatic carbocycles. The Labute approximate surface area is 191 Å². The van der Waals surface area contributed by atoms with Gasteiger partial charge in [-0.2, -0.15) is 0 Å². The molecule has 0 fully saturated rings. The van der Waals surface area contributed by atoms with Crippen molar-refractivity contribution in [3.8, 4) is 0 Å². The average molecular weight is 504 g/mol. The molecule has 0 aliphatic carbocycles. The molecule has 4 rings (SSSR count). The standard InChI is InChI=1S/C25H28P.F6P/c1-4-21-17-26(22-11-7-5-8-12-22,23-13-9-6-10-14-23)18-25-20(3)19(2)15-16-24(21)25;1-7(2,3,4,5)6/h5-16,21H,4,17-18H2,1-3H3;/q+1;-1. The molecule has 1 unspecified atom stereocenters. The van der Waals surface area contributed by atoms with Crippen LogP contribution in [0.4, 0.5) is 25.2 Å². The zero-order valence-corrected chi connectivity index (χ0v) is 20.6. The van der Waals surface area contributed by atoms with E-state index in [-0.39, 0.29) is 0 Å². The van der Waals surface area contributed by atoms with Crippen LogP contribution >= 0.6 is 15.1 Å². The first-order chi connectivity index (χ1) is 15.1. The fraction of sp³-hybridized carbons (Fsp3) is 0.280. The van der Waals surface area contributed by atoms with Crippen LogP contribution in [0.3, 0.4) is 0 Å². The Hall–Kier alpha value is -1.90.